The summed E-state index contributed by atoms with van der Waals surface area (Å²) >= 11 is 0. The van der Waals surface area contributed by atoms with Crippen molar-refractivity contribution in [2.75, 3.05) is 0 Å². The molecule has 2 nitrogen and oxygen atoms in total. The van der Waals surface area contributed by atoms with Crippen LogP contribution in [0.15, 0.2) is 23.0 Å². The normalized spacial score (nSPS) is 26.1. The molecule has 0 aromatic carbocycles. The van der Waals surface area contributed by atoms with Crippen LogP contribution in [0.25, 0.3) is 0 Å². The van der Waals surface area contributed by atoms with Crippen LogP contribution in [0.5, 0.6) is 0 Å². The zero-order chi connectivity index (χ0) is 8.55. The van der Waals surface area contributed by atoms with E-state index in [1.807, 2.05) is 13.0 Å². The number of hydrogen-bond donors (Lipinski definition) is 0. The third kappa shape index (κ3) is 0.986. The minimum Gasteiger partial charge on any atom is -0.423 e. The highest BCUT2D eigenvalue weighted by molar-refractivity contribution is 5.94. The van der Waals surface area contributed by atoms with E-state index in [4.69, 9.17) is 4.74 Å². The lowest BCUT2D eigenvalue weighted by Crippen LogP contribution is -2.01. The van der Waals surface area contributed by atoms with Crippen LogP contribution in [0, 0.1) is 0 Å². The molecule has 0 bridgehead atoms. The smallest absolute Gasteiger partial charge is 0.339 e. The van der Waals surface area contributed by atoms with Gasteiger partial charge in [0, 0.05) is 11.1 Å². The average Bonchev–Trinajstić information content (AvgIpc) is 2.44. The predicted octanol–water partition coefficient (Wildman–Crippen LogP) is 2.32. The molecule has 1 heterocycles. The maximum Gasteiger partial charge on any atom is 0.339 e. The summed E-state index contributed by atoms with van der Waals surface area (Å²) in [5, 5.41) is 0. The van der Waals surface area contributed by atoms with Crippen molar-refractivity contribution in [3.8, 4) is 0 Å². The number of rotatable bonds is 0. The topological polar surface area (TPSA) is 26.3 Å². The van der Waals surface area contributed by atoms with E-state index >= 15 is 0 Å². The predicted molar refractivity (Wildman–Crippen MR) is 45.3 cm³/mol. The molecule has 2 heteroatoms. The minimum absolute atomic E-state index is 0.113. The first-order valence-electron chi connectivity index (χ1n) is 4.44. The Balaban J connectivity index is 2.40. The van der Waals surface area contributed by atoms with Crippen molar-refractivity contribution in [3.05, 3.63) is 23.0 Å². The van der Waals surface area contributed by atoms with E-state index in [9.17, 15) is 4.79 Å². The van der Waals surface area contributed by atoms with Crippen LogP contribution in [0.2, 0.25) is 0 Å². The van der Waals surface area contributed by atoms with Crippen LogP contribution in [0.1, 0.15) is 32.6 Å². The van der Waals surface area contributed by atoms with Gasteiger partial charge in [0.15, 0.2) is 0 Å². The summed E-state index contributed by atoms with van der Waals surface area (Å²) in [5.41, 5.74) is 2.09. The van der Waals surface area contributed by atoms with Gasteiger partial charge in [-0.05, 0) is 38.7 Å². The molecule has 64 valence electrons. The van der Waals surface area contributed by atoms with Gasteiger partial charge in [0.2, 0.25) is 0 Å². The molecule has 1 aliphatic carbocycles. The highest BCUT2D eigenvalue weighted by atomic mass is 16.5. The van der Waals surface area contributed by atoms with Gasteiger partial charge < -0.3 is 4.74 Å². The van der Waals surface area contributed by atoms with Crippen molar-refractivity contribution >= 4 is 5.97 Å². The van der Waals surface area contributed by atoms with E-state index in [0.29, 0.717) is 0 Å². The minimum atomic E-state index is -0.113. The average molecular weight is 164 g/mol. The molecule has 1 aliphatic heterocycles. The largest absolute Gasteiger partial charge is 0.423 e. The maximum absolute atomic E-state index is 11.3. The molecule has 0 radical (unpaired) electrons. The monoisotopic (exact) mass is 164 g/mol. The number of esters is 1. The lowest BCUT2D eigenvalue weighted by atomic mass is 9.92. The quantitative estimate of drug-likeness (QED) is 0.513. The van der Waals surface area contributed by atoms with Crippen LogP contribution in [-0.2, 0) is 9.53 Å². The zero-order valence-electron chi connectivity index (χ0n) is 7.22. The van der Waals surface area contributed by atoms with E-state index in [1.165, 1.54) is 6.42 Å². The summed E-state index contributed by atoms with van der Waals surface area (Å²) in [5.74, 6) is 0.688. The Bertz CT molecular complexity index is 284. The Morgan fingerprint density at radius 3 is 2.58 bits per heavy atom. The number of carbonyl (C=O) groups excluding carboxylic acids is 1. The molecule has 2 rings (SSSR count). The van der Waals surface area contributed by atoms with Crippen molar-refractivity contribution in [1.29, 1.82) is 0 Å². The molecule has 2 aliphatic rings. The van der Waals surface area contributed by atoms with Gasteiger partial charge in [-0.2, -0.15) is 0 Å². The number of allylic oxidation sites excluding steroid dienone is 2. The second-order valence-electron chi connectivity index (χ2n) is 3.21. The molecule has 0 saturated heterocycles. The molecular formula is C10H12O2. The first-order chi connectivity index (χ1) is 5.83. The lowest BCUT2D eigenvalue weighted by molar-refractivity contribution is -0.133. The van der Waals surface area contributed by atoms with Gasteiger partial charge >= 0.3 is 5.97 Å². The van der Waals surface area contributed by atoms with Gasteiger partial charge in [-0.1, -0.05) is 0 Å². The first kappa shape index (κ1) is 7.59. The fourth-order valence-corrected chi connectivity index (χ4v) is 1.86. The van der Waals surface area contributed by atoms with Gasteiger partial charge in [-0.25, -0.2) is 4.79 Å². The van der Waals surface area contributed by atoms with Crippen molar-refractivity contribution in [3.63, 3.8) is 0 Å². The second kappa shape index (κ2) is 2.77. The molecule has 0 unspecified atom stereocenters. The molecule has 0 spiro atoms. The molecule has 0 N–H and O–H groups in total. The SMILES string of the molecule is C/C=C1\OC(=O)C2=C1CCCC2. The molecule has 0 aromatic rings. The van der Waals surface area contributed by atoms with Gasteiger partial charge in [-0.3, -0.25) is 0 Å². The van der Waals surface area contributed by atoms with Crippen molar-refractivity contribution in [2.24, 2.45) is 0 Å². The van der Waals surface area contributed by atoms with E-state index in [2.05, 4.69) is 0 Å². The first-order valence-corrected chi connectivity index (χ1v) is 4.44. The van der Waals surface area contributed by atoms with Gasteiger partial charge in [-0.15, -0.1) is 0 Å². The van der Waals surface area contributed by atoms with Crippen LogP contribution in [0.4, 0.5) is 0 Å². The van der Waals surface area contributed by atoms with E-state index in [-0.39, 0.29) is 5.97 Å². The fourth-order valence-electron chi connectivity index (χ4n) is 1.86. The Morgan fingerprint density at radius 1 is 1.25 bits per heavy atom. The van der Waals surface area contributed by atoms with Crippen molar-refractivity contribution < 1.29 is 9.53 Å². The van der Waals surface area contributed by atoms with Gasteiger partial charge in [0.1, 0.15) is 5.76 Å². The summed E-state index contributed by atoms with van der Waals surface area (Å²) in [4.78, 5) is 11.3. The summed E-state index contributed by atoms with van der Waals surface area (Å²) in [6.07, 6.45) is 6.12. The summed E-state index contributed by atoms with van der Waals surface area (Å²) in [7, 11) is 0. The summed E-state index contributed by atoms with van der Waals surface area (Å²) in [6, 6.07) is 0. The van der Waals surface area contributed by atoms with Gasteiger partial charge in [0.25, 0.3) is 0 Å². The second-order valence-corrected chi connectivity index (χ2v) is 3.21. The van der Waals surface area contributed by atoms with E-state index in [0.717, 1.165) is 36.2 Å². The Morgan fingerprint density at radius 2 is 1.92 bits per heavy atom. The fraction of sp³-hybridized carbons (Fsp3) is 0.500. The van der Waals surface area contributed by atoms with E-state index < -0.39 is 0 Å². The van der Waals surface area contributed by atoms with E-state index in [1.54, 1.807) is 0 Å². The number of ether oxygens (including phenoxy) is 1. The number of cyclic esters (lactones) is 1. The summed E-state index contributed by atoms with van der Waals surface area (Å²) < 4.78 is 5.11. The molecule has 0 saturated carbocycles. The molecule has 0 aromatic heterocycles. The molecule has 0 fully saturated rings. The van der Waals surface area contributed by atoms with Crippen molar-refractivity contribution in [2.45, 2.75) is 32.6 Å². The number of carbonyl (C=O) groups is 1. The van der Waals surface area contributed by atoms with Crippen LogP contribution in [0.3, 0.4) is 0 Å². The third-order valence-corrected chi connectivity index (χ3v) is 2.48. The lowest BCUT2D eigenvalue weighted by Gasteiger charge is -2.09. The zero-order valence-corrected chi connectivity index (χ0v) is 7.22. The van der Waals surface area contributed by atoms with Crippen molar-refractivity contribution in [1.82, 2.24) is 0 Å². The molecular weight excluding hydrogens is 152 g/mol. The molecule has 0 amide bonds. The van der Waals surface area contributed by atoms with Crippen LogP contribution in [-0.4, -0.2) is 5.97 Å². The molecule has 0 atom stereocenters. The maximum atomic E-state index is 11.3. The van der Waals surface area contributed by atoms with Crippen LogP contribution < -0.4 is 0 Å². The van der Waals surface area contributed by atoms with Crippen LogP contribution >= 0.6 is 0 Å². The standard InChI is InChI=1S/C10H12O2/c1-2-9-7-5-3-4-6-8(7)10(11)12-9/h2H,3-6H2,1H3/b9-2-. The Hall–Kier alpha value is -1.05. The summed E-state index contributed by atoms with van der Waals surface area (Å²) in [6.45, 7) is 1.91. The highest BCUT2D eigenvalue weighted by Crippen LogP contribution is 2.36. The Kier molecular flexibility index (Phi) is 1.75. The molecule has 12 heavy (non-hydrogen) atoms. The number of hydrogen-bond acceptors (Lipinski definition) is 2. The highest BCUT2D eigenvalue weighted by Gasteiger charge is 2.30. The van der Waals surface area contributed by atoms with Gasteiger partial charge in [0.05, 0.1) is 0 Å². The Labute approximate surface area is 71.9 Å². The third-order valence-electron chi connectivity index (χ3n) is 2.48.